The topological polar surface area (TPSA) is 95.2 Å². The van der Waals surface area contributed by atoms with Crippen molar-refractivity contribution in [2.75, 3.05) is 0 Å². The lowest BCUT2D eigenvalue weighted by atomic mass is 10.3. The highest BCUT2D eigenvalue weighted by atomic mass is 33.2. The monoisotopic (exact) mass is 335 g/mol. The second-order valence-electron chi connectivity index (χ2n) is 3.52. The van der Waals surface area contributed by atoms with Gasteiger partial charge in [-0.15, -0.1) is 0 Å². The molecule has 1 aromatic heterocycles. The second kappa shape index (κ2) is 6.50. The molecular weight excluding hydrogens is 323 g/mol. The number of hydrogen-bond donors (Lipinski definition) is 0. The molecule has 0 saturated heterocycles. The van der Waals surface area contributed by atoms with Gasteiger partial charge in [0.25, 0.3) is 0 Å². The summed E-state index contributed by atoms with van der Waals surface area (Å²) in [5.74, 6) is 0. The van der Waals surface area contributed by atoms with E-state index in [1.807, 2.05) is 0 Å². The van der Waals surface area contributed by atoms with Crippen molar-refractivity contribution in [3.05, 3.63) is 30.1 Å². The summed E-state index contributed by atoms with van der Waals surface area (Å²) in [7, 11) is -13.0. The predicted octanol–water partition coefficient (Wildman–Crippen LogP) is 0.684. The summed E-state index contributed by atoms with van der Waals surface area (Å²) in [5.41, 5.74) is -4.73. The Kier molecular flexibility index (Phi) is 6.11. The lowest BCUT2D eigenvalue weighted by molar-refractivity contribution is -0.693. The maximum atomic E-state index is 11.2. The Morgan fingerprint density at radius 3 is 1.95 bits per heavy atom. The van der Waals surface area contributed by atoms with E-state index < -0.39 is 23.5 Å². The SMILES string of the molecule is CC[n+]1cccc(C)c1.O=S(=O)([O-])S(=O)(=O)C(F)(F)F. The summed E-state index contributed by atoms with van der Waals surface area (Å²) < 4.78 is 83.3. The molecule has 0 saturated carbocycles. The maximum absolute atomic E-state index is 11.2. The molecule has 0 fully saturated rings. The van der Waals surface area contributed by atoms with Crippen LogP contribution in [0, 0.1) is 6.92 Å². The standard InChI is InChI=1S/C8H12N.CHF3O5S2/c1-3-9-6-4-5-8(2)7-9;2-1(3,4)10(5,6)11(7,8)9/h4-7H,3H2,1-2H3;(H,7,8,9)/q+1;/p-1. The largest absolute Gasteiger partial charge is 0.735 e. The van der Waals surface area contributed by atoms with E-state index in [1.165, 1.54) is 5.56 Å². The molecule has 0 spiro atoms. The Balaban J connectivity index is 0.000000367. The van der Waals surface area contributed by atoms with Crippen LogP contribution >= 0.6 is 0 Å². The van der Waals surface area contributed by atoms with Gasteiger partial charge >= 0.3 is 14.4 Å². The van der Waals surface area contributed by atoms with Crippen LogP contribution in [0.3, 0.4) is 0 Å². The van der Waals surface area contributed by atoms with E-state index in [2.05, 4.69) is 42.9 Å². The number of aryl methyl sites for hydroxylation is 2. The minimum absolute atomic E-state index is 1.06. The third-order valence-electron chi connectivity index (χ3n) is 1.92. The zero-order chi connectivity index (χ0) is 16.2. The van der Waals surface area contributed by atoms with E-state index in [0.717, 1.165) is 6.54 Å². The van der Waals surface area contributed by atoms with Crippen LogP contribution in [0.15, 0.2) is 24.5 Å². The van der Waals surface area contributed by atoms with E-state index in [0.29, 0.717) is 0 Å². The van der Waals surface area contributed by atoms with Crippen LogP contribution in [0.1, 0.15) is 12.5 Å². The van der Waals surface area contributed by atoms with Crippen LogP contribution in [-0.4, -0.2) is 26.9 Å². The van der Waals surface area contributed by atoms with Gasteiger partial charge in [0.1, 0.15) is 6.54 Å². The summed E-state index contributed by atoms with van der Waals surface area (Å²) in [5, 5.41) is 0. The molecule has 0 aromatic carbocycles. The quantitative estimate of drug-likeness (QED) is 0.450. The third-order valence-corrected chi connectivity index (χ3v) is 5.21. The number of nitrogens with zero attached hydrogens (tertiary/aromatic N) is 1. The third kappa shape index (κ3) is 5.06. The Hall–Kier alpha value is -1.20. The minimum Gasteiger partial charge on any atom is -0.735 e. The molecule has 20 heavy (non-hydrogen) atoms. The first kappa shape index (κ1) is 18.8. The normalized spacial score (nSPS) is 12.5. The van der Waals surface area contributed by atoms with Crippen molar-refractivity contribution in [1.29, 1.82) is 0 Å². The molecule has 0 atom stereocenters. The van der Waals surface area contributed by atoms with E-state index in [-0.39, 0.29) is 0 Å². The van der Waals surface area contributed by atoms with Crippen LogP contribution in [0.25, 0.3) is 0 Å². The van der Waals surface area contributed by atoms with Gasteiger partial charge in [-0.3, -0.25) is 0 Å². The van der Waals surface area contributed by atoms with Gasteiger partial charge in [-0.05, 0) is 19.9 Å². The van der Waals surface area contributed by atoms with Crippen molar-refractivity contribution in [3.63, 3.8) is 0 Å². The number of alkyl halides is 3. The zero-order valence-corrected chi connectivity index (χ0v) is 12.1. The molecular formula is C9H12F3NO5S2. The fourth-order valence-corrected chi connectivity index (χ4v) is 1.89. The van der Waals surface area contributed by atoms with Gasteiger partial charge < -0.3 is 4.55 Å². The van der Waals surface area contributed by atoms with Gasteiger partial charge in [-0.2, -0.15) is 13.2 Å². The number of hydrogen-bond acceptors (Lipinski definition) is 5. The lowest BCUT2D eigenvalue weighted by Gasteiger charge is -2.09. The van der Waals surface area contributed by atoms with Gasteiger partial charge in [0, 0.05) is 11.6 Å². The van der Waals surface area contributed by atoms with Crippen LogP contribution in [-0.2, 0) is 24.6 Å². The first-order valence-electron chi connectivity index (χ1n) is 5.05. The van der Waals surface area contributed by atoms with Crippen LogP contribution < -0.4 is 4.57 Å². The summed E-state index contributed by atoms with van der Waals surface area (Å²) in [6.45, 7) is 5.30. The number of halogens is 3. The molecule has 1 aromatic rings. The second-order valence-corrected chi connectivity index (χ2v) is 8.25. The maximum Gasteiger partial charge on any atom is 0.510 e. The van der Waals surface area contributed by atoms with E-state index in [4.69, 9.17) is 0 Å². The average Bonchev–Trinajstić information content (AvgIpc) is 2.27. The molecule has 0 amide bonds. The van der Waals surface area contributed by atoms with Crippen molar-refractivity contribution in [1.82, 2.24) is 0 Å². The highest BCUT2D eigenvalue weighted by Crippen LogP contribution is 2.26. The molecule has 116 valence electrons. The number of aromatic nitrogens is 1. The molecule has 6 nitrogen and oxygen atoms in total. The fourth-order valence-electron chi connectivity index (χ4n) is 0.965. The predicted molar refractivity (Wildman–Crippen MR) is 61.7 cm³/mol. The van der Waals surface area contributed by atoms with Gasteiger partial charge in [-0.1, -0.05) is 0 Å². The van der Waals surface area contributed by atoms with Crippen molar-refractivity contribution in [2.24, 2.45) is 0 Å². The van der Waals surface area contributed by atoms with Crippen molar-refractivity contribution in [2.45, 2.75) is 25.9 Å². The number of rotatable bonds is 2. The first-order chi connectivity index (χ1) is 8.83. The molecule has 11 heteroatoms. The molecule has 0 aliphatic heterocycles. The van der Waals surface area contributed by atoms with E-state index in [1.54, 1.807) is 0 Å². The number of pyridine rings is 1. The smallest absolute Gasteiger partial charge is 0.510 e. The molecule has 0 aliphatic carbocycles. The van der Waals surface area contributed by atoms with Crippen LogP contribution in [0.4, 0.5) is 13.2 Å². The van der Waals surface area contributed by atoms with Gasteiger partial charge in [0.15, 0.2) is 12.4 Å². The molecule has 0 radical (unpaired) electrons. The summed E-state index contributed by atoms with van der Waals surface area (Å²) in [6.07, 6.45) is 4.22. The van der Waals surface area contributed by atoms with Crippen LogP contribution in [0.5, 0.6) is 0 Å². The van der Waals surface area contributed by atoms with Gasteiger partial charge in [0.2, 0.25) is 9.15 Å². The van der Waals surface area contributed by atoms with Crippen LogP contribution in [0.2, 0.25) is 0 Å². The Bertz CT molecular complexity index is 652. The minimum atomic E-state index is -6.60. The highest BCUT2D eigenvalue weighted by Gasteiger charge is 2.50. The van der Waals surface area contributed by atoms with Crippen molar-refractivity contribution >= 4 is 18.0 Å². The van der Waals surface area contributed by atoms with E-state index >= 15 is 0 Å². The summed E-state index contributed by atoms with van der Waals surface area (Å²) in [6, 6.07) is 4.17. The van der Waals surface area contributed by atoms with Crippen molar-refractivity contribution in [3.8, 4) is 0 Å². The van der Waals surface area contributed by atoms with E-state index in [9.17, 15) is 34.6 Å². The molecule has 1 rings (SSSR count). The highest BCUT2D eigenvalue weighted by molar-refractivity contribution is 8.65. The molecule has 0 unspecified atom stereocenters. The lowest BCUT2D eigenvalue weighted by Crippen LogP contribution is -2.30. The fraction of sp³-hybridized carbons (Fsp3) is 0.444. The molecule has 0 N–H and O–H groups in total. The molecule has 0 aliphatic rings. The Morgan fingerprint density at radius 2 is 1.75 bits per heavy atom. The summed E-state index contributed by atoms with van der Waals surface area (Å²) >= 11 is 0. The molecule has 0 bridgehead atoms. The summed E-state index contributed by atoms with van der Waals surface area (Å²) in [4.78, 5) is 0. The Labute approximate surface area is 113 Å². The zero-order valence-electron chi connectivity index (χ0n) is 10.5. The van der Waals surface area contributed by atoms with Gasteiger partial charge in [-0.25, -0.2) is 21.4 Å². The Morgan fingerprint density at radius 1 is 1.25 bits per heavy atom. The molecule has 1 heterocycles. The average molecular weight is 335 g/mol. The first-order valence-corrected chi connectivity index (χ1v) is 8.46. The van der Waals surface area contributed by atoms with Gasteiger partial charge in [0.05, 0.1) is 0 Å². The van der Waals surface area contributed by atoms with Crippen molar-refractivity contribution < 1.29 is 39.1 Å².